The summed E-state index contributed by atoms with van der Waals surface area (Å²) < 4.78 is 16.5. The van der Waals surface area contributed by atoms with Gasteiger partial charge in [-0.05, 0) is 24.3 Å². The van der Waals surface area contributed by atoms with E-state index in [1.54, 1.807) is 0 Å². The number of halogens is 2. The third kappa shape index (κ3) is 2.01. The molecule has 0 atom stereocenters. The van der Waals surface area contributed by atoms with Crippen molar-refractivity contribution in [2.45, 2.75) is 0 Å². The summed E-state index contributed by atoms with van der Waals surface area (Å²) >= 11 is 2.53. The highest BCUT2D eigenvalue weighted by Crippen LogP contribution is 2.05. The zero-order valence-corrected chi connectivity index (χ0v) is 6.97. The first-order chi connectivity index (χ1) is 5.24. The highest BCUT2D eigenvalue weighted by Gasteiger charge is 2.04. The maximum Gasteiger partial charge on any atom is 0.349 e. The molecule has 0 N–H and O–H groups in total. The third-order valence-corrected chi connectivity index (χ3v) is 1.44. The molecule has 0 aliphatic heterocycles. The normalized spacial score (nSPS) is 9.27. The van der Waals surface area contributed by atoms with Gasteiger partial charge in [0.2, 0.25) is 0 Å². The van der Waals surface area contributed by atoms with Crippen LogP contribution in [-0.2, 0) is 3.83 Å². The molecule has 0 aromatic heterocycles. The van der Waals surface area contributed by atoms with Gasteiger partial charge >= 0.3 is 5.97 Å². The predicted molar refractivity (Wildman–Crippen MR) is 40.7 cm³/mol. The molecule has 0 aliphatic carbocycles. The zero-order chi connectivity index (χ0) is 8.27. The second-order valence-electron chi connectivity index (χ2n) is 1.87. The van der Waals surface area contributed by atoms with Gasteiger partial charge in [-0.2, -0.15) is 0 Å². The zero-order valence-electron chi connectivity index (χ0n) is 5.38. The Bertz CT molecular complexity index is 258. The molecule has 1 aromatic rings. The van der Waals surface area contributed by atoms with E-state index in [0.29, 0.717) is 5.56 Å². The fourth-order valence-corrected chi connectivity index (χ4v) is 0.817. The van der Waals surface area contributed by atoms with Crippen LogP contribution in [0.5, 0.6) is 0 Å². The van der Waals surface area contributed by atoms with Crippen molar-refractivity contribution >= 4 is 22.2 Å². The first-order valence-electron chi connectivity index (χ1n) is 2.82. The fraction of sp³-hybridized carbons (Fsp3) is 0. The second-order valence-corrected chi connectivity index (χ2v) is 2.20. The molecule has 4 heteroatoms. The van der Waals surface area contributed by atoms with Crippen LogP contribution >= 0.6 is 16.3 Å². The summed E-state index contributed by atoms with van der Waals surface area (Å²) in [6, 6.07) is 5.08. The molecule has 58 valence electrons. The Morgan fingerprint density at radius 1 is 1.36 bits per heavy atom. The lowest BCUT2D eigenvalue weighted by atomic mass is 10.2. The lowest BCUT2D eigenvalue weighted by Gasteiger charge is -1.94. The van der Waals surface area contributed by atoms with E-state index in [2.05, 4.69) is 20.1 Å². The van der Waals surface area contributed by atoms with Crippen LogP contribution in [0.4, 0.5) is 4.39 Å². The Morgan fingerprint density at radius 3 is 2.36 bits per heavy atom. The molecule has 0 amide bonds. The van der Waals surface area contributed by atoms with Gasteiger partial charge < -0.3 is 3.83 Å². The largest absolute Gasteiger partial charge is 0.380 e. The lowest BCUT2D eigenvalue weighted by molar-refractivity contribution is 0.0782. The van der Waals surface area contributed by atoms with Crippen LogP contribution in [-0.4, -0.2) is 5.97 Å². The molecule has 0 spiro atoms. The minimum absolute atomic E-state index is 0.309. The third-order valence-electron chi connectivity index (χ3n) is 1.15. The van der Waals surface area contributed by atoms with Crippen molar-refractivity contribution in [2.24, 2.45) is 0 Å². The summed E-state index contributed by atoms with van der Waals surface area (Å²) in [5.74, 6) is -0.916. The van der Waals surface area contributed by atoms with E-state index in [9.17, 15) is 9.18 Å². The van der Waals surface area contributed by atoms with Crippen LogP contribution in [0.15, 0.2) is 24.3 Å². The highest BCUT2D eigenvalue weighted by atomic mass is 79.9. The number of rotatable bonds is 1. The Balaban J connectivity index is 2.90. The van der Waals surface area contributed by atoms with Crippen LogP contribution < -0.4 is 0 Å². The molecule has 0 bridgehead atoms. The summed E-state index contributed by atoms with van der Waals surface area (Å²) in [5, 5.41) is 0. The standard InChI is InChI=1S/C7H4BrFO2/c8-11-7(10)5-1-3-6(9)4-2-5/h1-4H. The van der Waals surface area contributed by atoms with Crippen molar-refractivity contribution in [1.29, 1.82) is 0 Å². The topological polar surface area (TPSA) is 26.3 Å². The van der Waals surface area contributed by atoms with E-state index >= 15 is 0 Å². The van der Waals surface area contributed by atoms with Crippen LogP contribution in [0.3, 0.4) is 0 Å². The molecule has 1 rings (SSSR count). The monoisotopic (exact) mass is 218 g/mol. The Kier molecular flexibility index (Phi) is 2.59. The molecular formula is C7H4BrFO2. The molecule has 0 saturated carbocycles. The van der Waals surface area contributed by atoms with Gasteiger partial charge in [-0.15, -0.1) is 0 Å². The number of carbonyl (C=O) groups is 1. The van der Waals surface area contributed by atoms with Gasteiger partial charge in [0.1, 0.15) is 5.82 Å². The Labute approximate surface area is 71.4 Å². The van der Waals surface area contributed by atoms with Crippen LogP contribution in [0.25, 0.3) is 0 Å². The van der Waals surface area contributed by atoms with Gasteiger partial charge in [-0.1, -0.05) is 0 Å². The number of hydrogen-bond acceptors (Lipinski definition) is 2. The van der Waals surface area contributed by atoms with Gasteiger partial charge in [0.05, 0.1) is 5.56 Å². The van der Waals surface area contributed by atoms with Gasteiger partial charge in [0.25, 0.3) is 0 Å². The summed E-state index contributed by atoms with van der Waals surface area (Å²) in [7, 11) is 0. The number of hydrogen-bond donors (Lipinski definition) is 0. The molecule has 0 radical (unpaired) electrons. The molecule has 11 heavy (non-hydrogen) atoms. The molecule has 0 unspecified atom stereocenters. The van der Waals surface area contributed by atoms with E-state index in [0.717, 1.165) is 0 Å². The Morgan fingerprint density at radius 2 is 1.91 bits per heavy atom. The summed E-state index contributed by atoms with van der Waals surface area (Å²) in [4.78, 5) is 10.7. The van der Waals surface area contributed by atoms with Crippen molar-refractivity contribution in [2.75, 3.05) is 0 Å². The molecule has 1 aromatic carbocycles. The first-order valence-corrected chi connectivity index (χ1v) is 3.47. The molecule has 0 saturated heterocycles. The molecular weight excluding hydrogens is 215 g/mol. The fourth-order valence-electron chi connectivity index (χ4n) is 0.631. The second kappa shape index (κ2) is 3.48. The minimum Gasteiger partial charge on any atom is -0.380 e. The highest BCUT2D eigenvalue weighted by molar-refractivity contribution is 9.06. The summed E-state index contributed by atoms with van der Waals surface area (Å²) in [6.45, 7) is 0. The summed E-state index contributed by atoms with van der Waals surface area (Å²) in [6.07, 6.45) is 0. The minimum atomic E-state index is -0.537. The lowest BCUT2D eigenvalue weighted by Crippen LogP contribution is -1.96. The number of carbonyl (C=O) groups excluding carboxylic acids is 1. The average molecular weight is 219 g/mol. The van der Waals surface area contributed by atoms with Crippen molar-refractivity contribution in [3.63, 3.8) is 0 Å². The van der Waals surface area contributed by atoms with Crippen molar-refractivity contribution < 1.29 is 13.0 Å². The SMILES string of the molecule is O=C(OBr)c1ccc(F)cc1. The Hall–Kier alpha value is -0.900. The predicted octanol–water partition coefficient (Wildman–Crippen LogP) is 2.29. The molecule has 2 nitrogen and oxygen atoms in total. The van der Waals surface area contributed by atoms with Crippen LogP contribution in [0.2, 0.25) is 0 Å². The molecule has 0 heterocycles. The van der Waals surface area contributed by atoms with E-state index in [1.165, 1.54) is 24.3 Å². The van der Waals surface area contributed by atoms with Crippen LogP contribution in [0.1, 0.15) is 10.4 Å². The summed E-state index contributed by atoms with van der Waals surface area (Å²) in [5.41, 5.74) is 0.309. The quantitative estimate of drug-likeness (QED) is 0.724. The maximum atomic E-state index is 12.3. The van der Waals surface area contributed by atoms with E-state index < -0.39 is 5.97 Å². The van der Waals surface area contributed by atoms with E-state index in [1.807, 2.05) is 0 Å². The van der Waals surface area contributed by atoms with Gasteiger partial charge in [0.15, 0.2) is 16.3 Å². The van der Waals surface area contributed by atoms with E-state index in [4.69, 9.17) is 0 Å². The van der Waals surface area contributed by atoms with Gasteiger partial charge in [0, 0.05) is 0 Å². The van der Waals surface area contributed by atoms with Gasteiger partial charge in [-0.3, -0.25) is 0 Å². The average Bonchev–Trinajstić information content (AvgIpc) is 2.05. The first kappa shape index (κ1) is 8.20. The number of benzene rings is 1. The van der Waals surface area contributed by atoms with Gasteiger partial charge in [-0.25, -0.2) is 9.18 Å². The maximum absolute atomic E-state index is 12.3. The van der Waals surface area contributed by atoms with E-state index in [-0.39, 0.29) is 5.82 Å². The molecule has 0 fully saturated rings. The smallest absolute Gasteiger partial charge is 0.349 e. The van der Waals surface area contributed by atoms with Crippen molar-refractivity contribution in [3.05, 3.63) is 35.6 Å². The van der Waals surface area contributed by atoms with Crippen molar-refractivity contribution in [3.8, 4) is 0 Å². The van der Waals surface area contributed by atoms with Crippen LogP contribution in [0, 0.1) is 5.82 Å². The molecule has 0 aliphatic rings. The van der Waals surface area contributed by atoms with Crippen molar-refractivity contribution in [1.82, 2.24) is 0 Å².